The van der Waals surface area contributed by atoms with Crippen LogP contribution in [-0.4, -0.2) is 36.9 Å². The fraction of sp³-hybridized carbons (Fsp3) is 0.526. The van der Waals surface area contributed by atoms with Crippen LogP contribution in [0.4, 0.5) is 0 Å². The molecule has 1 aliphatic heterocycles. The summed E-state index contributed by atoms with van der Waals surface area (Å²) in [5, 5.41) is 0. The molecule has 0 bridgehead atoms. The van der Waals surface area contributed by atoms with Gasteiger partial charge in [0, 0.05) is 35.1 Å². The van der Waals surface area contributed by atoms with Crippen LogP contribution in [0.3, 0.4) is 0 Å². The van der Waals surface area contributed by atoms with Crippen molar-refractivity contribution >= 4 is 23.7 Å². The van der Waals surface area contributed by atoms with Crippen molar-refractivity contribution in [3.63, 3.8) is 0 Å². The number of hydrogen-bond acceptors (Lipinski definition) is 5. The molecule has 0 aromatic carbocycles. The molecule has 2 rings (SSSR count). The summed E-state index contributed by atoms with van der Waals surface area (Å²) in [5.41, 5.74) is 4.63. The molecule has 0 fully saturated rings. The number of hydrogen-bond donors (Lipinski definition) is 1. The van der Waals surface area contributed by atoms with Crippen LogP contribution in [0.5, 0.6) is 0 Å². The molecule has 0 saturated heterocycles. The highest BCUT2D eigenvalue weighted by Gasteiger charge is 2.37. The largest absolute Gasteiger partial charge is 0.469 e. The first kappa shape index (κ1) is 19.0. The third-order valence-electron chi connectivity index (χ3n) is 4.73. The smallest absolute Gasteiger partial charge is 0.306 e. The number of H-pyrrole nitrogens is 1. The number of allylic oxidation sites excluding steroid dienone is 1. The molecule has 6 nitrogen and oxygen atoms in total. The summed E-state index contributed by atoms with van der Waals surface area (Å²) in [6.07, 6.45) is 5.92. The van der Waals surface area contributed by atoms with E-state index in [0.29, 0.717) is 19.3 Å². The van der Waals surface area contributed by atoms with Gasteiger partial charge in [0.05, 0.1) is 20.6 Å². The van der Waals surface area contributed by atoms with Gasteiger partial charge in [0.15, 0.2) is 0 Å². The SMILES string of the molecule is COC(=O)CCc1c[nH]c(/C=C2\N=C(C)C[C@]2(C)CC(=O)OC)c1C. The lowest BCUT2D eigenvalue weighted by Gasteiger charge is -2.23. The van der Waals surface area contributed by atoms with Gasteiger partial charge in [0.2, 0.25) is 0 Å². The maximum Gasteiger partial charge on any atom is 0.306 e. The standard InChI is InChI=1S/C19H26N2O4/c1-12-9-19(3,10-18(23)25-5)16(21-12)8-15-13(2)14(11-20-15)6-7-17(22)24-4/h8,11,20H,6-7,9-10H2,1-5H3/b16-8-/t19-/m1/s1. The van der Waals surface area contributed by atoms with Crippen molar-refractivity contribution in [1.82, 2.24) is 4.98 Å². The number of carbonyl (C=O) groups excluding carboxylic acids is 2. The average Bonchev–Trinajstić information content (AvgIpc) is 3.05. The number of methoxy groups -OCH3 is 2. The van der Waals surface area contributed by atoms with Gasteiger partial charge in [-0.05, 0) is 43.9 Å². The van der Waals surface area contributed by atoms with E-state index in [4.69, 9.17) is 9.47 Å². The van der Waals surface area contributed by atoms with Crippen LogP contribution >= 0.6 is 0 Å². The summed E-state index contributed by atoms with van der Waals surface area (Å²) in [5.74, 6) is -0.456. The van der Waals surface area contributed by atoms with E-state index in [2.05, 4.69) is 9.98 Å². The second kappa shape index (κ2) is 7.68. The van der Waals surface area contributed by atoms with Gasteiger partial charge in [0.25, 0.3) is 0 Å². The van der Waals surface area contributed by atoms with Crippen molar-refractivity contribution in [2.24, 2.45) is 10.4 Å². The number of nitrogens with zero attached hydrogens (tertiary/aromatic N) is 1. The van der Waals surface area contributed by atoms with Crippen molar-refractivity contribution in [2.45, 2.75) is 46.5 Å². The van der Waals surface area contributed by atoms with Crippen LogP contribution in [0, 0.1) is 12.3 Å². The van der Waals surface area contributed by atoms with Crippen molar-refractivity contribution in [3.8, 4) is 0 Å². The zero-order valence-electron chi connectivity index (χ0n) is 15.6. The maximum absolute atomic E-state index is 11.8. The Bertz CT molecular complexity index is 730. The van der Waals surface area contributed by atoms with Crippen molar-refractivity contribution in [3.05, 3.63) is 28.7 Å². The molecule has 136 valence electrons. The first-order chi connectivity index (χ1) is 11.8. The minimum atomic E-state index is -0.360. The average molecular weight is 346 g/mol. The molecular weight excluding hydrogens is 320 g/mol. The van der Waals surface area contributed by atoms with Crippen LogP contribution < -0.4 is 0 Å². The van der Waals surface area contributed by atoms with E-state index in [-0.39, 0.29) is 17.4 Å². The summed E-state index contributed by atoms with van der Waals surface area (Å²) in [7, 11) is 2.80. The molecule has 0 saturated carbocycles. The Kier molecular flexibility index (Phi) is 5.82. The van der Waals surface area contributed by atoms with E-state index in [1.807, 2.05) is 33.0 Å². The Morgan fingerprint density at radius 1 is 1.28 bits per heavy atom. The van der Waals surface area contributed by atoms with Crippen molar-refractivity contribution in [2.75, 3.05) is 14.2 Å². The number of aromatic amines is 1. The zero-order valence-corrected chi connectivity index (χ0v) is 15.6. The van der Waals surface area contributed by atoms with Crippen LogP contribution in [-0.2, 0) is 25.5 Å². The summed E-state index contributed by atoms with van der Waals surface area (Å²) in [6.45, 7) is 6.02. The van der Waals surface area contributed by atoms with E-state index in [0.717, 1.165) is 34.7 Å². The molecule has 1 aromatic heterocycles. The third-order valence-corrected chi connectivity index (χ3v) is 4.73. The highest BCUT2D eigenvalue weighted by Crippen LogP contribution is 2.42. The van der Waals surface area contributed by atoms with Gasteiger partial charge >= 0.3 is 11.9 Å². The van der Waals surface area contributed by atoms with Gasteiger partial charge in [0.1, 0.15) is 0 Å². The molecule has 6 heteroatoms. The molecule has 0 aliphatic carbocycles. The number of aryl methyl sites for hydroxylation is 1. The van der Waals surface area contributed by atoms with E-state index < -0.39 is 0 Å². The molecule has 1 aromatic rings. The van der Waals surface area contributed by atoms with Crippen LogP contribution in [0.25, 0.3) is 6.08 Å². The molecular formula is C19H26N2O4. The Balaban J connectivity index is 2.24. The summed E-state index contributed by atoms with van der Waals surface area (Å²) in [4.78, 5) is 31.0. The van der Waals surface area contributed by atoms with Gasteiger partial charge in [-0.15, -0.1) is 0 Å². The molecule has 25 heavy (non-hydrogen) atoms. The topological polar surface area (TPSA) is 80.8 Å². The highest BCUT2D eigenvalue weighted by atomic mass is 16.5. The number of aromatic nitrogens is 1. The molecule has 1 atom stereocenters. The van der Waals surface area contributed by atoms with E-state index in [9.17, 15) is 9.59 Å². The van der Waals surface area contributed by atoms with E-state index in [1.54, 1.807) is 0 Å². The first-order valence-electron chi connectivity index (χ1n) is 8.36. The number of ether oxygens (including phenoxy) is 2. The molecule has 0 amide bonds. The van der Waals surface area contributed by atoms with Crippen molar-refractivity contribution in [1.29, 1.82) is 0 Å². The van der Waals surface area contributed by atoms with E-state index in [1.165, 1.54) is 14.2 Å². The number of carbonyl (C=O) groups is 2. The Labute approximate surface area is 148 Å². The molecule has 0 unspecified atom stereocenters. The lowest BCUT2D eigenvalue weighted by atomic mass is 9.80. The Morgan fingerprint density at radius 3 is 2.60 bits per heavy atom. The highest BCUT2D eigenvalue weighted by molar-refractivity contribution is 5.89. The second-order valence-electron chi connectivity index (χ2n) is 6.80. The fourth-order valence-corrected chi connectivity index (χ4v) is 3.23. The predicted octanol–water partition coefficient (Wildman–Crippen LogP) is 3.20. The lowest BCUT2D eigenvalue weighted by Crippen LogP contribution is -2.21. The van der Waals surface area contributed by atoms with Gasteiger partial charge in [-0.1, -0.05) is 6.92 Å². The van der Waals surface area contributed by atoms with Crippen molar-refractivity contribution < 1.29 is 19.1 Å². The van der Waals surface area contributed by atoms with Gasteiger partial charge < -0.3 is 14.5 Å². The van der Waals surface area contributed by atoms with Crippen LogP contribution in [0.1, 0.15) is 49.9 Å². The van der Waals surface area contributed by atoms with Gasteiger partial charge in [-0.2, -0.15) is 0 Å². The second-order valence-corrected chi connectivity index (χ2v) is 6.80. The predicted molar refractivity (Wildman–Crippen MR) is 96.3 cm³/mol. The van der Waals surface area contributed by atoms with Gasteiger partial charge in [-0.3, -0.25) is 14.6 Å². The number of nitrogens with one attached hydrogen (secondary N) is 1. The number of rotatable bonds is 6. The van der Waals surface area contributed by atoms with Gasteiger partial charge in [-0.25, -0.2) is 0 Å². The monoisotopic (exact) mass is 346 g/mol. The molecule has 0 spiro atoms. The quantitative estimate of drug-likeness (QED) is 0.802. The Hall–Kier alpha value is -2.37. The summed E-state index contributed by atoms with van der Waals surface area (Å²) in [6, 6.07) is 0. The maximum atomic E-state index is 11.8. The number of aliphatic imine (C=N–C) groups is 1. The molecule has 1 N–H and O–H groups in total. The van der Waals surface area contributed by atoms with E-state index >= 15 is 0 Å². The Morgan fingerprint density at radius 2 is 1.96 bits per heavy atom. The molecule has 2 heterocycles. The van der Waals surface area contributed by atoms with Crippen LogP contribution in [0.15, 0.2) is 16.9 Å². The normalized spacial score (nSPS) is 21.3. The minimum absolute atomic E-state index is 0.220. The number of esters is 2. The lowest BCUT2D eigenvalue weighted by molar-refractivity contribution is -0.142. The first-order valence-corrected chi connectivity index (χ1v) is 8.36. The molecule has 0 radical (unpaired) electrons. The third kappa shape index (κ3) is 4.38. The zero-order chi connectivity index (χ0) is 18.6. The minimum Gasteiger partial charge on any atom is -0.469 e. The summed E-state index contributed by atoms with van der Waals surface area (Å²) >= 11 is 0. The van der Waals surface area contributed by atoms with Crippen LogP contribution in [0.2, 0.25) is 0 Å². The molecule has 1 aliphatic rings. The summed E-state index contributed by atoms with van der Waals surface area (Å²) < 4.78 is 9.53. The fourth-order valence-electron chi connectivity index (χ4n) is 3.23.